The lowest BCUT2D eigenvalue weighted by Crippen LogP contribution is -2.14. The first-order valence-electron chi connectivity index (χ1n) is 18.0. The minimum absolute atomic E-state index is 0.0983. The second-order valence-electron chi connectivity index (χ2n) is 14.3. The number of hydrogen-bond acceptors (Lipinski definition) is 4. The van der Waals surface area contributed by atoms with E-state index in [1.54, 1.807) is 0 Å². The van der Waals surface area contributed by atoms with Gasteiger partial charge < -0.3 is 4.57 Å². The van der Waals surface area contributed by atoms with Crippen molar-refractivity contribution in [3.63, 3.8) is 0 Å². The summed E-state index contributed by atoms with van der Waals surface area (Å²) in [6.07, 6.45) is 1.86. The number of rotatable bonds is 4. The number of fused-ring (bicyclic) bond motifs is 9. The molecule has 0 fully saturated rings. The van der Waals surface area contributed by atoms with Crippen LogP contribution in [0.15, 0.2) is 158 Å². The van der Waals surface area contributed by atoms with Crippen molar-refractivity contribution in [1.29, 1.82) is 0 Å². The second-order valence-corrected chi connectivity index (χ2v) is 14.3. The van der Waals surface area contributed by atoms with Gasteiger partial charge in [0.1, 0.15) is 0 Å². The number of para-hydroxylation sites is 4. The molecule has 4 heterocycles. The molecule has 11 rings (SSSR count). The molecule has 0 radical (unpaired) electrons. The Morgan fingerprint density at radius 1 is 0.453 bits per heavy atom. The van der Waals surface area contributed by atoms with E-state index in [1.807, 2.05) is 12.3 Å². The van der Waals surface area contributed by atoms with E-state index in [0.717, 1.165) is 60.6 Å². The summed E-state index contributed by atoms with van der Waals surface area (Å²) in [4.78, 5) is 20.8. The van der Waals surface area contributed by atoms with Crippen LogP contribution in [0, 0.1) is 0 Å². The first kappa shape index (κ1) is 29.8. The Labute approximate surface area is 305 Å². The second kappa shape index (κ2) is 11.0. The first-order chi connectivity index (χ1) is 26.1. The Balaban J connectivity index is 1.21. The van der Waals surface area contributed by atoms with Crippen LogP contribution in [-0.2, 0) is 5.41 Å². The van der Waals surface area contributed by atoms with Gasteiger partial charge in [-0.05, 0) is 70.8 Å². The summed E-state index contributed by atoms with van der Waals surface area (Å²) in [5, 5.41) is 3.41. The maximum Gasteiger partial charge on any atom is 0.238 e. The van der Waals surface area contributed by atoms with Crippen LogP contribution in [0.4, 0.5) is 0 Å². The number of aromatic nitrogens is 6. The van der Waals surface area contributed by atoms with Crippen molar-refractivity contribution in [2.45, 2.75) is 19.3 Å². The van der Waals surface area contributed by atoms with Gasteiger partial charge in [-0.15, -0.1) is 0 Å². The van der Waals surface area contributed by atoms with Gasteiger partial charge in [0, 0.05) is 38.9 Å². The Kier molecular flexibility index (Phi) is 6.20. The molecular formula is C47H32N6. The quantitative estimate of drug-likeness (QED) is 0.186. The Hall–Kier alpha value is -6.92. The van der Waals surface area contributed by atoms with E-state index >= 15 is 0 Å². The molecule has 1 aliphatic carbocycles. The minimum atomic E-state index is -0.0983. The molecule has 0 saturated heterocycles. The monoisotopic (exact) mass is 680 g/mol. The van der Waals surface area contributed by atoms with Crippen LogP contribution in [0.25, 0.3) is 89.3 Å². The lowest BCUT2D eigenvalue weighted by molar-refractivity contribution is 0.660. The molecule has 1 aliphatic rings. The maximum absolute atomic E-state index is 5.35. The van der Waals surface area contributed by atoms with E-state index in [-0.39, 0.29) is 5.41 Å². The SMILES string of the molecule is CC1(C)c2ccccc2-c2cc(-c3nc(-c4ccccc4-n4c5ccccc5c5ncccc54)nc(-n4c5ccccc5c5ccccc54)n3)ccc21. The van der Waals surface area contributed by atoms with E-state index in [4.69, 9.17) is 19.9 Å². The smallest absolute Gasteiger partial charge is 0.238 e. The summed E-state index contributed by atoms with van der Waals surface area (Å²) >= 11 is 0. The molecule has 53 heavy (non-hydrogen) atoms. The highest BCUT2D eigenvalue weighted by molar-refractivity contribution is 6.09. The maximum atomic E-state index is 5.35. The van der Waals surface area contributed by atoms with Crippen LogP contribution in [0.5, 0.6) is 0 Å². The zero-order valence-electron chi connectivity index (χ0n) is 29.2. The number of hydrogen-bond donors (Lipinski definition) is 0. The zero-order chi connectivity index (χ0) is 35.3. The number of benzene rings is 6. The Morgan fingerprint density at radius 2 is 1.04 bits per heavy atom. The van der Waals surface area contributed by atoms with Crippen molar-refractivity contribution in [2.24, 2.45) is 0 Å². The number of pyridine rings is 1. The third-order valence-corrected chi connectivity index (χ3v) is 11.1. The zero-order valence-corrected chi connectivity index (χ0v) is 29.2. The Morgan fingerprint density at radius 3 is 1.81 bits per heavy atom. The van der Waals surface area contributed by atoms with Crippen LogP contribution >= 0.6 is 0 Å². The van der Waals surface area contributed by atoms with Gasteiger partial charge in [-0.25, -0.2) is 4.98 Å². The van der Waals surface area contributed by atoms with Crippen LogP contribution < -0.4 is 0 Å². The normalized spacial score (nSPS) is 13.2. The average Bonchev–Trinajstić information content (AvgIpc) is 3.81. The van der Waals surface area contributed by atoms with Crippen molar-refractivity contribution in [1.82, 2.24) is 29.1 Å². The van der Waals surface area contributed by atoms with Crippen LogP contribution in [-0.4, -0.2) is 29.1 Å². The summed E-state index contributed by atoms with van der Waals surface area (Å²) in [5.74, 6) is 1.79. The summed E-state index contributed by atoms with van der Waals surface area (Å²) in [5.41, 5.74) is 13.0. The van der Waals surface area contributed by atoms with E-state index in [0.29, 0.717) is 17.6 Å². The predicted molar refractivity (Wildman–Crippen MR) is 215 cm³/mol. The fourth-order valence-corrected chi connectivity index (χ4v) is 8.61. The molecule has 0 unspecified atom stereocenters. The van der Waals surface area contributed by atoms with Crippen molar-refractivity contribution >= 4 is 43.7 Å². The molecule has 0 amide bonds. The van der Waals surface area contributed by atoms with E-state index < -0.39 is 0 Å². The summed E-state index contributed by atoms with van der Waals surface area (Å²) in [6.45, 7) is 4.61. The predicted octanol–water partition coefficient (Wildman–Crippen LogP) is 11.1. The molecule has 10 aromatic rings. The Bertz CT molecular complexity index is 3000. The highest BCUT2D eigenvalue weighted by Gasteiger charge is 2.35. The summed E-state index contributed by atoms with van der Waals surface area (Å²) in [6, 6.07) is 53.3. The van der Waals surface area contributed by atoms with Crippen molar-refractivity contribution in [3.05, 3.63) is 169 Å². The van der Waals surface area contributed by atoms with E-state index in [9.17, 15) is 0 Å². The third kappa shape index (κ3) is 4.26. The molecule has 6 heteroatoms. The molecule has 6 aromatic carbocycles. The molecule has 0 aliphatic heterocycles. The lowest BCUT2D eigenvalue weighted by Gasteiger charge is -2.21. The van der Waals surface area contributed by atoms with Crippen LogP contribution in [0.1, 0.15) is 25.0 Å². The van der Waals surface area contributed by atoms with Gasteiger partial charge in [-0.2, -0.15) is 9.97 Å². The fourth-order valence-electron chi connectivity index (χ4n) is 8.61. The lowest BCUT2D eigenvalue weighted by atomic mass is 9.82. The van der Waals surface area contributed by atoms with E-state index in [2.05, 4.69) is 169 Å². The fraction of sp³-hybridized carbons (Fsp3) is 0.0638. The third-order valence-electron chi connectivity index (χ3n) is 11.1. The van der Waals surface area contributed by atoms with Gasteiger partial charge in [0.25, 0.3) is 0 Å². The van der Waals surface area contributed by atoms with Crippen molar-refractivity contribution in [3.8, 4) is 45.5 Å². The molecule has 0 N–H and O–H groups in total. The van der Waals surface area contributed by atoms with Gasteiger partial charge >= 0.3 is 0 Å². The molecule has 0 saturated carbocycles. The van der Waals surface area contributed by atoms with Crippen molar-refractivity contribution < 1.29 is 0 Å². The topological polar surface area (TPSA) is 61.4 Å². The average molecular weight is 681 g/mol. The van der Waals surface area contributed by atoms with Gasteiger partial charge in [0.05, 0.1) is 33.3 Å². The van der Waals surface area contributed by atoms with Gasteiger partial charge in [-0.3, -0.25) is 9.55 Å². The molecule has 250 valence electrons. The molecular weight excluding hydrogens is 649 g/mol. The van der Waals surface area contributed by atoms with Gasteiger partial charge in [-0.1, -0.05) is 117 Å². The molecule has 4 aromatic heterocycles. The van der Waals surface area contributed by atoms with E-state index in [1.165, 1.54) is 22.3 Å². The molecule has 0 bridgehead atoms. The summed E-state index contributed by atoms with van der Waals surface area (Å²) < 4.78 is 4.46. The number of nitrogens with zero attached hydrogens (tertiary/aromatic N) is 6. The first-order valence-corrected chi connectivity index (χ1v) is 18.0. The standard InChI is InChI=1S/C47H32N6/c1-47(2)36-19-8-3-14-30(36)35-28-29(25-26-37(35)47)44-49-45(51-46(50-44)53-38-20-9-4-15-31(38)32-16-5-10-21-39(32)53)34-18-7-12-23-41(34)52-40-22-11-6-17-33(40)43-42(52)24-13-27-48-43/h3-28H,1-2H3. The highest BCUT2D eigenvalue weighted by Crippen LogP contribution is 2.49. The van der Waals surface area contributed by atoms with Crippen LogP contribution in [0.3, 0.4) is 0 Å². The van der Waals surface area contributed by atoms with Gasteiger partial charge in [0.15, 0.2) is 11.6 Å². The summed E-state index contributed by atoms with van der Waals surface area (Å²) in [7, 11) is 0. The van der Waals surface area contributed by atoms with Crippen LogP contribution in [0.2, 0.25) is 0 Å². The molecule has 6 nitrogen and oxygen atoms in total. The van der Waals surface area contributed by atoms with Crippen molar-refractivity contribution in [2.75, 3.05) is 0 Å². The molecule has 0 spiro atoms. The largest absolute Gasteiger partial charge is 0.307 e. The molecule has 0 atom stereocenters. The van der Waals surface area contributed by atoms with Gasteiger partial charge in [0.2, 0.25) is 5.95 Å². The highest BCUT2D eigenvalue weighted by atomic mass is 15.2. The minimum Gasteiger partial charge on any atom is -0.307 e.